The van der Waals surface area contributed by atoms with Gasteiger partial charge in [-0.2, -0.15) is 0 Å². The highest BCUT2D eigenvalue weighted by molar-refractivity contribution is 7.93. The molecule has 0 saturated heterocycles. The first kappa shape index (κ1) is 13.6. The first-order valence-corrected chi connectivity index (χ1v) is 8.04. The molecule has 0 aromatic heterocycles. The van der Waals surface area contributed by atoms with Crippen molar-refractivity contribution in [2.45, 2.75) is 54.7 Å². The molecule has 0 bridgehead atoms. The molecule has 0 amide bonds. The quantitative estimate of drug-likeness (QED) is 0.915. The van der Waals surface area contributed by atoms with Crippen LogP contribution in [-0.4, -0.2) is 19.2 Å². The van der Waals surface area contributed by atoms with Crippen LogP contribution in [-0.2, 0) is 9.84 Å². The molecule has 1 saturated carbocycles. The molecule has 2 rings (SSSR count). The molecule has 4 heteroatoms. The van der Waals surface area contributed by atoms with Gasteiger partial charge in [0, 0.05) is 6.04 Å². The predicted octanol–water partition coefficient (Wildman–Crippen LogP) is 2.51. The van der Waals surface area contributed by atoms with E-state index in [4.69, 9.17) is 5.73 Å². The van der Waals surface area contributed by atoms with Gasteiger partial charge >= 0.3 is 0 Å². The molecule has 1 aromatic rings. The Bertz CT molecular complexity index is 488. The fourth-order valence-corrected chi connectivity index (χ4v) is 5.25. The van der Waals surface area contributed by atoms with E-state index in [-0.39, 0.29) is 6.04 Å². The van der Waals surface area contributed by atoms with Gasteiger partial charge in [-0.05, 0) is 31.9 Å². The standard InChI is InChI=1S/C14H21NO2S/c1-12(15)14(10-6-3-7-11-14)18(16,17)13-8-4-2-5-9-13/h2,4-5,8-9,12H,3,6-7,10-11,15H2,1H3. The van der Waals surface area contributed by atoms with Crippen molar-refractivity contribution in [2.75, 3.05) is 0 Å². The van der Waals surface area contributed by atoms with Crippen LogP contribution in [0.1, 0.15) is 39.0 Å². The molecule has 1 aromatic carbocycles. The summed E-state index contributed by atoms with van der Waals surface area (Å²) in [6, 6.07) is 8.39. The third-order valence-electron chi connectivity index (χ3n) is 4.12. The van der Waals surface area contributed by atoms with Gasteiger partial charge in [0.2, 0.25) is 0 Å². The lowest BCUT2D eigenvalue weighted by molar-refractivity contribution is 0.334. The number of rotatable bonds is 3. The highest BCUT2D eigenvalue weighted by Gasteiger charge is 2.47. The third kappa shape index (κ3) is 2.08. The molecule has 0 spiro atoms. The summed E-state index contributed by atoms with van der Waals surface area (Å²) in [5.41, 5.74) is 6.05. The molecule has 100 valence electrons. The summed E-state index contributed by atoms with van der Waals surface area (Å²) in [5.74, 6) is 0. The number of hydrogen-bond acceptors (Lipinski definition) is 3. The molecule has 0 radical (unpaired) electrons. The summed E-state index contributed by atoms with van der Waals surface area (Å²) < 4.78 is 25.0. The maximum absolute atomic E-state index is 12.9. The molecule has 1 unspecified atom stereocenters. The minimum Gasteiger partial charge on any atom is -0.327 e. The van der Waals surface area contributed by atoms with Crippen LogP contribution in [0.15, 0.2) is 35.2 Å². The van der Waals surface area contributed by atoms with E-state index in [1.165, 1.54) is 0 Å². The summed E-state index contributed by atoms with van der Waals surface area (Å²) in [7, 11) is -3.35. The smallest absolute Gasteiger partial charge is 0.185 e. The molecule has 0 heterocycles. The zero-order chi connectivity index (χ0) is 13.2. The highest BCUT2D eigenvalue weighted by atomic mass is 32.2. The van der Waals surface area contributed by atoms with Crippen molar-refractivity contribution in [1.82, 2.24) is 0 Å². The summed E-state index contributed by atoms with van der Waals surface area (Å²) in [4.78, 5) is 0.407. The van der Waals surface area contributed by atoms with Crippen LogP contribution in [0.2, 0.25) is 0 Å². The summed E-state index contributed by atoms with van der Waals surface area (Å²) in [6.45, 7) is 1.83. The van der Waals surface area contributed by atoms with Crippen molar-refractivity contribution < 1.29 is 8.42 Å². The molecule has 1 aliphatic rings. The van der Waals surface area contributed by atoms with Gasteiger partial charge in [-0.25, -0.2) is 8.42 Å². The minimum atomic E-state index is -3.35. The Hall–Kier alpha value is -0.870. The number of hydrogen-bond donors (Lipinski definition) is 1. The van der Waals surface area contributed by atoms with E-state index in [0.29, 0.717) is 17.7 Å². The van der Waals surface area contributed by atoms with Gasteiger partial charge in [-0.1, -0.05) is 37.5 Å². The Morgan fingerprint density at radius 1 is 1.11 bits per heavy atom. The number of nitrogens with two attached hydrogens (primary N) is 1. The average Bonchev–Trinajstić information content (AvgIpc) is 2.40. The van der Waals surface area contributed by atoms with E-state index < -0.39 is 14.6 Å². The second-order valence-corrected chi connectivity index (χ2v) is 7.52. The predicted molar refractivity (Wildman–Crippen MR) is 73.1 cm³/mol. The fraction of sp³-hybridized carbons (Fsp3) is 0.571. The van der Waals surface area contributed by atoms with Crippen molar-refractivity contribution in [2.24, 2.45) is 5.73 Å². The summed E-state index contributed by atoms with van der Waals surface area (Å²) >= 11 is 0. The van der Waals surface area contributed by atoms with Gasteiger partial charge < -0.3 is 5.73 Å². The van der Waals surface area contributed by atoms with Gasteiger partial charge in [-0.15, -0.1) is 0 Å². The maximum atomic E-state index is 12.9. The van der Waals surface area contributed by atoms with E-state index >= 15 is 0 Å². The lowest BCUT2D eigenvalue weighted by atomic mass is 9.84. The number of benzene rings is 1. The van der Waals surface area contributed by atoms with Crippen LogP contribution in [0, 0.1) is 0 Å². The SMILES string of the molecule is CC(N)C1(S(=O)(=O)c2ccccc2)CCCCC1. The van der Waals surface area contributed by atoms with E-state index in [1.807, 2.05) is 13.0 Å². The Morgan fingerprint density at radius 2 is 1.67 bits per heavy atom. The van der Waals surface area contributed by atoms with Gasteiger partial charge in [0.1, 0.15) is 0 Å². The van der Waals surface area contributed by atoms with Crippen molar-refractivity contribution in [3.05, 3.63) is 30.3 Å². The zero-order valence-corrected chi connectivity index (χ0v) is 11.6. The highest BCUT2D eigenvalue weighted by Crippen LogP contribution is 2.40. The molecule has 0 aliphatic heterocycles. The van der Waals surface area contributed by atoms with E-state index in [9.17, 15) is 8.42 Å². The van der Waals surface area contributed by atoms with Crippen LogP contribution in [0.3, 0.4) is 0 Å². The molecular formula is C14H21NO2S. The Kier molecular flexibility index (Phi) is 3.78. The van der Waals surface area contributed by atoms with Crippen LogP contribution in [0.4, 0.5) is 0 Å². The average molecular weight is 267 g/mol. The van der Waals surface area contributed by atoms with Crippen LogP contribution in [0.25, 0.3) is 0 Å². The van der Waals surface area contributed by atoms with Crippen molar-refractivity contribution >= 4 is 9.84 Å². The molecular weight excluding hydrogens is 246 g/mol. The lowest BCUT2D eigenvalue weighted by Crippen LogP contribution is -2.53. The molecule has 1 atom stereocenters. The second-order valence-electron chi connectivity index (χ2n) is 5.23. The third-order valence-corrected chi connectivity index (χ3v) is 6.86. The molecule has 1 fully saturated rings. The van der Waals surface area contributed by atoms with Gasteiger partial charge in [-0.3, -0.25) is 0 Å². The van der Waals surface area contributed by atoms with Crippen molar-refractivity contribution in [3.8, 4) is 0 Å². The summed E-state index contributed by atoms with van der Waals surface area (Å²) in [6.07, 6.45) is 4.38. The Labute approximate surface area is 109 Å². The van der Waals surface area contributed by atoms with Crippen LogP contribution < -0.4 is 5.73 Å². The molecule has 18 heavy (non-hydrogen) atoms. The van der Waals surface area contributed by atoms with Crippen LogP contribution >= 0.6 is 0 Å². The van der Waals surface area contributed by atoms with Gasteiger partial charge in [0.15, 0.2) is 9.84 Å². The molecule has 3 nitrogen and oxygen atoms in total. The molecule has 1 aliphatic carbocycles. The summed E-state index contributed by atoms with van der Waals surface area (Å²) in [5, 5.41) is 0. The minimum absolute atomic E-state index is 0.331. The monoisotopic (exact) mass is 267 g/mol. The maximum Gasteiger partial charge on any atom is 0.185 e. The van der Waals surface area contributed by atoms with Crippen LogP contribution in [0.5, 0.6) is 0 Å². The lowest BCUT2D eigenvalue weighted by Gasteiger charge is -2.39. The van der Waals surface area contributed by atoms with Crippen molar-refractivity contribution in [3.63, 3.8) is 0 Å². The number of sulfone groups is 1. The Morgan fingerprint density at radius 3 is 2.17 bits per heavy atom. The normalized spacial score (nSPS) is 21.4. The molecule has 2 N–H and O–H groups in total. The van der Waals surface area contributed by atoms with E-state index in [0.717, 1.165) is 19.3 Å². The Balaban J connectivity index is 2.49. The van der Waals surface area contributed by atoms with Gasteiger partial charge in [0.05, 0.1) is 9.64 Å². The zero-order valence-electron chi connectivity index (χ0n) is 10.8. The van der Waals surface area contributed by atoms with Gasteiger partial charge in [0.25, 0.3) is 0 Å². The second kappa shape index (κ2) is 5.02. The fourth-order valence-electron chi connectivity index (χ4n) is 2.95. The van der Waals surface area contributed by atoms with E-state index in [2.05, 4.69) is 0 Å². The van der Waals surface area contributed by atoms with Crippen molar-refractivity contribution in [1.29, 1.82) is 0 Å². The largest absolute Gasteiger partial charge is 0.327 e. The van der Waals surface area contributed by atoms with E-state index in [1.54, 1.807) is 24.3 Å². The first-order chi connectivity index (χ1) is 8.51. The topological polar surface area (TPSA) is 60.2 Å². The first-order valence-electron chi connectivity index (χ1n) is 6.56.